The first-order valence-corrected chi connectivity index (χ1v) is 11.1. The Kier molecular flexibility index (Phi) is 6.13. The Morgan fingerprint density at radius 2 is 1.77 bits per heavy atom. The van der Waals surface area contributed by atoms with Crippen LogP contribution in [0.5, 0.6) is 0 Å². The van der Waals surface area contributed by atoms with Crippen LogP contribution in [0.25, 0.3) is 11.5 Å². The van der Waals surface area contributed by atoms with E-state index in [4.69, 9.17) is 8.83 Å². The molecule has 0 fully saturated rings. The van der Waals surface area contributed by atoms with Gasteiger partial charge in [0, 0.05) is 16.0 Å². The fourth-order valence-electron chi connectivity index (χ4n) is 3.03. The zero-order valence-electron chi connectivity index (χ0n) is 17.3. The van der Waals surface area contributed by atoms with E-state index in [1.807, 2.05) is 38.1 Å². The summed E-state index contributed by atoms with van der Waals surface area (Å²) in [4.78, 5) is 17.6. The molecule has 0 aliphatic heterocycles. The van der Waals surface area contributed by atoms with Gasteiger partial charge in [0.1, 0.15) is 11.5 Å². The second-order valence-corrected chi connectivity index (χ2v) is 8.62. The van der Waals surface area contributed by atoms with Crippen molar-refractivity contribution in [1.29, 1.82) is 0 Å². The summed E-state index contributed by atoms with van der Waals surface area (Å²) < 4.78 is 23.7. The lowest BCUT2D eigenvalue weighted by Gasteiger charge is -2.04. The van der Waals surface area contributed by atoms with Crippen molar-refractivity contribution in [2.24, 2.45) is 0 Å². The molecular weight excluding hydrogens is 412 g/mol. The number of benzene rings is 2. The van der Waals surface area contributed by atoms with Gasteiger partial charge in [0.05, 0.1) is 35.1 Å². The highest BCUT2D eigenvalue weighted by Crippen LogP contribution is 2.24. The minimum absolute atomic E-state index is 0.194. The van der Waals surface area contributed by atoms with Crippen LogP contribution < -0.4 is 5.32 Å². The van der Waals surface area contributed by atoms with Gasteiger partial charge in [0.15, 0.2) is 0 Å². The second kappa shape index (κ2) is 9.14. The van der Waals surface area contributed by atoms with Crippen LogP contribution >= 0.6 is 0 Å². The van der Waals surface area contributed by atoms with Crippen molar-refractivity contribution in [3.8, 4) is 11.5 Å². The van der Waals surface area contributed by atoms with E-state index >= 15 is 0 Å². The molecule has 31 heavy (non-hydrogen) atoms. The molecule has 0 saturated carbocycles. The van der Waals surface area contributed by atoms with Crippen LogP contribution in [0.3, 0.4) is 0 Å². The number of carbonyl (C=O) groups excluding carboxylic acids is 1. The fraction of sp³-hybridized carbons (Fsp3) is 0.167. The molecule has 0 spiro atoms. The summed E-state index contributed by atoms with van der Waals surface area (Å²) in [5, 5.41) is 2.81. The summed E-state index contributed by atoms with van der Waals surface area (Å²) in [7, 11) is -1.20. The first-order chi connectivity index (χ1) is 15.0. The third-order valence-corrected chi connectivity index (χ3v) is 6.18. The molecule has 0 aliphatic carbocycles. The van der Waals surface area contributed by atoms with Gasteiger partial charge in [-0.1, -0.05) is 17.7 Å². The average Bonchev–Trinajstić information content (AvgIpc) is 3.42. The summed E-state index contributed by atoms with van der Waals surface area (Å²) in [5.74, 6) is 1.86. The molecule has 0 aliphatic rings. The van der Waals surface area contributed by atoms with Crippen LogP contribution in [0.2, 0.25) is 0 Å². The SMILES string of the molecule is Cc1ccc([S@@](=O)Cc2nc(-c3ccc(C(=O)NCc4ccco4)cc3)oc2C)cc1. The molecular formula is C24H22N2O4S. The number of rotatable bonds is 7. The first kappa shape index (κ1) is 20.8. The summed E-state index contributed by atoms with van der Waals surface area (Å²) in [6.07, 6.45) is 1.57. The van der Waals surface area contributed by atoms with Crippen molar-refractivity contribution in [3.63, 3.8) is 0 Å². The molecule has 2 heterocycles. The smallest absolute Gasteiger partial charge is 0.251 e. The number of nitrogens with zero attached hydrogens (tertiary/aromatic N) is 1. The van der Waals surface area contributed by atoms with Crippen molar-refractivity contribution < 1.29 is 17.8 Å². The van der Waals surface area contributed by atoms with Crippen molar-refractivity contribution in [1.82, 2.24) is 10.3 Å². The molecule has 4 rings (SSSR count). The van der Waals surface area contributed by atoms with E-state index in [-0.39, 0.29) is 11.7 Å². The van der Waals surface area contributed by atoms with Crippen molar-refractivity contribution in [3.05, 3.63) is 95.3 Å². The van der Waals surface area contributed by atoms with Gasteiger partial charge in [0.2, 0.25) is 5.89 Å². The minimum atomic E-state index is -1.20. The first-order valence-electron chi connectivity index (χ1n) is 9.82. The number of nitrogens with one attached hydrogen (secondary N) is 1. The van der Waals surface area contributed by atoms with E-state index in [0.717, 1.165) is 16.0 Å². The number of hydrogen-bond acceptors (Lipinski definition) is 5. The van der Waals surface area contributed by atoms with Gasteiger partial charge in [-0.3, -0.25) is 9.00 Å². The number of aromatic nitrogens is 1. The maximum atomic E-state index is 12.7. The van der Waals surface area contributed by atoms with Gasteiger partial charge in [-0.15, -0.1) is 0 Å². The molecule has 7 heteroatoms. The van der Waals surface area contributed by atoms with Gasteiger partial charge in [-0.2, -0.15) is 0 Å². The Bertz CT molecular complexity index is 1190. The number of amides is 1. The van der Waals surface area contributed by atoms with Gasteiger partial charge in [-0.25, -0.2) is 4.98 Å². The van der Waals surface area contributed by atoms with Gasteiger partial charge >= 0.3 is 0 Å². The van der Waals surface area contributed by atoms with Crippen molar-refractivity contribution >= 4 is 16.7 Å². The van der Waals surface area contributed by atoms with Crippen LogP contribution in [-0.4, -0.2) is 15.1 Å². The molecule has 1 amide bonds. The number of hydrogen-bond donors (Lipinski definition) is 1. The molecule has 6 nitrogen and oxygen atoms in total. The molecule has 2 aromatic carbocycles. The monoisotopic (exact) mass is 434 g/mol. The Morgan fingerprint density at radius 3 is 2.45 bits per heavy atom. The van der Waals surface area contributed by atoms with Crippen LogP contribution in [0, 0.1) is 13.8 Å². The second-order valence-electron chi connectivity index (χ2n) is 7.16. The van der Waals surface area contributed by atoms with Gasteiger partial charge < -0.3 is 14.2 Å². The molecule has 0 saturated heterocycles. The minimum Gasteiger partial charge on any atom is -0.467 e. The van der Waals surface area contributed by atoms with E-state index in [0.29, 0.717) is 35.2 Å². The molecule has 2 aromatic heterocycles. The van der Waals surface area contributed by atoms with Crippen LogP contribution in [0.1, 0.15) is 33.1 Å². The topological polar surface area (TPSA) is 85.3 Å². The summed E-state index contributed by atoms with van der Waals surface area (Å²) in [5.41, 5.74) is 3.06. The highest BCUT2D eigenvalue weighted by Gasteiger charge is 2.16. The van der Waals surface area contributed by atoms with E-state index in [2.05, 4.69) is 10.3 Å². The quantitative estimate of drug-likeness (QED) is 0.452. The Hall–Kier alpha value is -3.45. The standard InChI is InChI=1S/C24H22N2O4S/c1-16-5-11-21(12-6-16)31(28)15-22-17(2)30-24(26-22)19-9-7-18(8-10-19)23(27)25-14-20-4-3-13-29-20/h3-13H,14-15H2,1-2H3,(H,25,27)/t31-/m0/s1. The largest absolute Gasteiger partial charge is 0.467 e. The Labute approximate surface area is 182 Å². The van der Waals surface area contributed by atoms with E-state index < -0.39 is 10.8 Å². The maximum absolute atomic E-state index is 12.7. The van der Waals surface area contributed by atoms with Crippen LogP contribution in [0.4, 0.5) is 0 Å². The zero-order chi connectivity index (χ0) is 21.8. The number of carbonyl (C=O) groups is 1. The maximum Gasteiger partial charge on any atom is 0.251 e. The van der Waals surface area contributed by atoms with Crippen LogP contribution in [-0.2, 0) is 23.1 Å². The van der Waals surface area contributed by atoms with E-state index in [9.17, 15) is 9.00 Å². The average molecular weight is 435 g/mol. The third-order valence-electron chi connectivity index (χ3n) is 4.84. The molecule has 1 atom stereocenters. The Morgan fingerprint density at radius 1 is 1.03 bits per heavy atom. The lowest BCUT2D eigenvalue weighted by molar-refractivity contribution is 0.0948. The summed E-state index contributed by atoms with van der Waals surface area (Å²) >= 11 is 0. The lowest BCUT2D eigenvalue weighted by Crippen LogP contribution is -2.22. The Balaban J connectivity index is 1.43. The summed E-state index contributed by atoms with van der Waals surface area (Å²) in [6, 6.07) is 18.2. The normalized spacial score (nSPS) is 11.9. The van der Waals surface area contributed by atoms with E-state index in [1.54, 1.807) is 42.7 Å². The van der Waals surface area contributed by atoms with Crippen molar-refractivity contribution in [2.45, 2.75) is 31.0 Å². The van der Waals surface area contributed by atoms with Crippen LogP contribution in [0.15, 0.2) is 80.7 Å². The van der Waals surface area contributed by atoms with E-state index in [1.165, 1.54) is 0 Å². The third kappa shape index (κ3) is 5.00. The highest BCUT2D eigenvalue weighted by molar-refractivity contribution is 7.84. The molecule has 4 aromatic rings. The number of aryl methyl sites for hydroxylation is 2. The molecule has 158 valence electrons. The number of oxazole rings is 1. The fourth-order valence-corrected chi connectivity index (χ4v) is 4.15. The zero-order valence-corrected chi connectivity index (χ0v) is 18.1. The number of furan rings is 1. The predicted octanol–water partition coefficient (Wildman–Crippen LogP) is 4.79. The van der Waals surface area contributed by atoms with Gasteiger partial charge in [-0.05, 0) is 62.4 Å². The molecule has 0 radical (unpaired) electrons. The molecule has 0 bridgehead atoms. The van der Waals surface area contributed by atoms with Gasteiger partial charge in [0.25, 0.3) is 5.91 Å². The lowest BCUT2D eigenvalue weighted by atomic mass is 10.1. The predicted molar refractivity (Wildman–Crippen MR) is 118 cm³/mol. The highest BCUT2D eigenvalue weighted by atomic mass is 32.2. The molecule has 0 unspecified atom stereocenters. The summed E-state index contributed by atoms with van der Waals surface area (Å²) in [6.45, 7) is 4.14. The molecule has 1 N–H and O–H groups in total. The van der Waals surface area contributed by atoms with Crippen molar-refractivity contribution in [2.75, 3.05) is 0 Å².